The van der Waals surface area contributed by atoms with E-state index >= 15 is 0 Å². The van der Waals surface area contributed by atoms with Crippen molar-refractivity contribution in [3.8, 4) is 5.75 Å². The molecule has 1 aromatic carbocycles. The summed E-state index contributed by atoms with van der Waals surface area (Å²) in [6, 6.07) is 7.13. The largest absolute Gasteiger partial charge is 0.492 e. The number of nitrogens with two attached hydrogens (primary N) is 1. The van der Waals surface area contributed by atoms with Gasteiger partial charge in [-0.25, -0.2) is 0 Å². The molecule has 1 amide bonds. The number of hydrogen-bond donors (Lipinski definition) is 2. The smallest absolute Gasteiger partial charge is 0.244 e. The van der Waals surface area contributed by atoms with Crippen LogP contribution in [-0.2, 0) is 4.79 Å². The molecule has 96 valence electrons. The van der Waals surface area contributed by atoms with E-state index in [4.69, 9.17) is 10.5 Å². The van der Waals surface area contributed by atoms with Crippen molar-refractivity contribution >= 4 is 11.6 Å². The van der Waals surface area contributed by atoms with E-state index in [0.29, 0.717) is 18.8 Å². The van der Waals surface area contributed by atoms with Gasteiger partial charge in [0.15, 0.2) is 0 Å². The molecule has 4 heteroatoms. The van der Waals surface area contributed by atoms with Crippen LogP contribution in [0.2, 0.25) is 0 Å². The highest BCUT2D eigenvalue weighted by atomic mass is 16.5. The first-order valence-electron chi connectivity index (χ1n) is 5.78. The molecule has 0 saturated carbocycles. The quantitative estimate of drug-likeness (QED) is 0.349. The molecule has 18 heavy (non-hydrogen) atoms. The Morgan fingerprint density at radius 2 is 2.06 bits per heavy atom. The van der Waals surface area contributed by atoms with Crippen molar-refractivity contribution in [2.75, 3.05) is 18.9 Å². The Morgan fingerprint density at radius 3 is 2.72 bits per heavy atom. The number of amides is 1. The van der Waals surface area contributed by atoms with Gasteiger partial charge in [-0.05, 0) is 31.2 Å². The lowest BCUT2D eigenvalue weighted by molar-refractivity contribution is -0.116. The molecule has 0 aliphatic carbocycles. The summed E-state index contributed by atoms with van der Waals surface area (Å²) < 4.78 is 5.43. The number of anilines is 1. The minimum Gasteiger partial charge on any atom is -0.492 e. The Bertz CT molecular complexity index is 422. The van der Waals surface area contributed by atoms with Gasteiger partial charge in [0.05, 0.1) is 6.54 Å². The van der Waals surface area contributed by atoms with Crippen molar-refractivity contribution in [3.63, 3.8) is 0 Å². The standard InChI is InChI=1S/C14H18N2O2/c1-2-3-4-5-14(17)16-10-11-18-13-8-6-12(15)7-9-13/h2-9H,10-11,15H2,1H3,(H,16,17)/b3-2+,5-4+. The fraction of sp³-hybridized carbons (Fsp3) is 0.214. The Kier molecular flexibility index (Phi) is 6.11. The molecule has 0 heterocycles. The first-order chi connectivity index (χ1) is 8.72. The Morgan fingerprint density at radius 1 is 1.33 bits per heavy atom. The van der Waals surface area contributed by atoms with Crippen molar-refractivity contribution in [2.45, 2.75) is 6.92 Å². The fourth-order valence-corrected chi connectivity index (χ4v) is 1.22. The van der Waals surface area contributed by atoms with E-state index in [1.165, 1.54) is 6.08 Å². The molecule has 1 aromatic rings. The number of carbonyl (C=O) groups excluding carboxylic acids is 1. The Hall–Kier alpha value is -2.23. The maximum atomic E-state index is 11.3. The maximum absolute atomic E-state index is 11.3. The molecule has 0 bridgehead atoms. The topological polar surface area (TPSA) is 64.3 Å². The predicted molar refractivity (Wildman–Crippen MR) is 73.3 cm³/mol. The van der Waals surface area contributed by atoms with Gasteiger partial charge in [-0.1, -0.05) is 18.2 Å². The average molecular weight is 246 g/mol. The SMILES string of the molecule is C/C=C/C=C/C(=O)NCCOc1ccc(N)cc1. The van der Waals surface area contributed by atoms with Gasteiger partial charge >= 0.3 is 0 Å². The summed E-state index contributed by atoms with van der Waals surface area (Å²) in [5.41, 5.74) is 6.25. The summed E-state index contributed by atoms with van der Waals surface area (Å²) >= 11 is 0. The van der Waals surface area contributed by atoms with Crippen LogP contribution >= 0.6 is 0 Å². The van der Waals surface area contributed by atoms with E-state index in [-0.39, 0.29) is 5.91 Å². The zero-order valence-electron chi connectivity index (χ0n) is 10.4. The van der Waals surface area contributed by atoms with Crippen LogP contribution in [0.15, 0.2) is 48.6 Å². The normalized spacial score (nSPS) is 10.9. The van der Waals surface area contributed by atoms with Crippen LogP contribution in [0, 0.1) is 0 Å². The van der Waals surface area contributed by atoms with E-state index in [1.807, 2.05) is 13.0 Å². The number of hydrogen-bond acceptors (Lipinski definition) is 3. The third kappa shape index (κ3) is 5.75. The first-order valence-corrected chi connectivity index (χ1v) is 5.78. The summed E-state index contributed by atoms with van der Waals surface area (Å²) in [6.07, 6.45) is 6.82. The summed E-state index contributed by atoms with van der Waals surface area (Å²) in [7, 11) is 0. The summed E-state index contributed by atoms with van der Waals surface area (Å²) in [6.45, 7) is 2.78. The number of rotatable bonds is 6. The van der Waals surface area contributed by atoms with E-state index in [2.05, 4.69) is 5.32 Å². The second-order valence-corrected chi connectivity index (χ2v) is 3.59. The predicted octanol–water partition coefficient (Wildman–Crippen LogP) is 1.90. The number of benzene rings is 1. The lowest BCUT2D eigenvalue weighted by Gasteiger charge is -2.06. The Balaban J connectivity index is 2.18. The second kappa shape index (κ2) is 7.95. The van der Waals surface area contributed by atoms with Crippen LogP contribution in [-0.4, -0.2) is 19.1 Å². The minimum atomic E-state index is -0.131. The molecule has 0 aliphatic heterocycles. The highest BCUT2D eigenvalue weighted by molar-refractivity contribution is 5.87. The zero-order chi connectivity index (χ0) is 13.2. The van der Waals surface area contributed by atoms with Crippen molar-refractivity contribution in [1.82, 2.24) is 5.32 Å². The molecule has 1 rings (SSSR count). The molecule has 0 saturated heterocycles. The highest BCUT2D eigenvalue weighted by Gasteiger charge is 1.95. The van der Waals surface area contributed by atoms with Crippen LogP contribution < -0.4 is 15.8 Å². The van der Waals surface area contributed by atoms with E-state index in [0.717, 1.165) is 5.75 Å². The summed E-state index contributed by atoms with van der Waals surface area (Å²) in [5, 5.41) is 2.71. The molecule has 0 aromatic heterocycles. The van der Waals surface area contributed by atoms with Crippen LogP contribution in [0.5, 0.6) is 5.75 Å². The number of ether oxygens (including phenoxy) is 1. The third-order valence-corrected chi connectivity index (χ3v) is 2.10. The second-order valence-electron chi connectivity index (χ2n) is 3.59. The molecule has 0 atom stereocenters. The van der Waals surface area contributed by atoms with E-state index in [1.54, 1.807) is 36.4 Å². The van der Waals surface area contributed by atoms with Crippen molar-refractivity contribution < 1.29 is 9.53 Å². The molecule has 0 unspecified atom stereocenters. The van der Waals surface area contributed by atoms with Gasteiger partial charge in [-0.3, -0.25) is 4.79 Å². The van der Waals surface area contributed by atoms with Crippen molar-refractivity contribution in [1.29, 1.82) is 0 Å². The van der Waals surface area contributed by atoms with E-state index < -0.39 is 0 Å². The van der Waals surface area contributed by atoms with Crippen LogP contribution in [0.3, 0.4) is 0 Å². The van der Waals surface area contributed by atoms with Gasteiger partial charge in [0.1, 0.15) is 12.4 Å². The van der Waals surface area contributed by atoms with Gasteiger partial charge in [0.2, 0.25) is 5.91 Å². The fourth-order valence-electron chi connectivity index (χ4n) is 1.22. The molecule has 4 nitrogen and oxygen atoms in total. The number of allylic oxidation sites excluding steroid dienone is 3. The van der Waals surface area contributed by atoms with Crippen LogP contribution in [0.1, 0.15) is 6.92 Å². The van der Waals surface area contributed by atoms with Gasteiger partial charge in [-0.2, -0.15) is 0 Å². The summed E-state index contributed by atoms with van der Waals surface area (Å²) in [5.74, 6) is 0.608. The minimum absolute atomic E-state index is 0.131. The molecule has 3 N–H and O–H groups in total. The Labute approximate surface area is 107 Å². The van der Waals surface area contributed by atoms with Crippen LogP contribution in [0.4, 0.5) is 5.69 Å². The molecular formula is C14H18N2O2. The van der Waals surface area contributed by atoms with Gasteiger partial charge in [0, 0.05) is 11.8 Å². The number of carbonyl (C=O) groups is 1. The molecular weight excluding hydrogens is 228 g/mol. The van der Waals surface area contributed by atoms with Gasteiger partial charge in [-0.15, -0.1) is 0 Å². The van der Waals surface area contributed by atoms with Crippen molar-refractivity contribution in [2.24, 2.45) is 0 Å². The lowest BCUT2D eigenvalue weighted by Crippen LogP contribution is -2.26. The van der Waals surface area contributed by atoms with Crippen LogP contribution in [0.25, 0.3) is 0 Å². The van der Waals surface area contributed by atoms with Gasteiger partial charge in [0.25, 0.3) is 0 Å². The zero-order valence-corrected chi connectivity index (χ0v) is 10.4. The van der Waals surface area contributed by atoms with Crippen molar-refractivity contribution in [3.05, 3.63) is 48.6 Å². The summed E-state index contributed by atoms with van der Waals surface area (Å²) in [4.78, 5) is 11.3. The first kappa shape index (κ1) is 13.8. The third-order valence-electron chi connectivity index (χ3n) is 2.10. The monoisotopic (exact) mass is 246 g/mol. The molecule has 0 fully saturated rings. The maximum Gasteiger partial charge on any atom is 0.244 e. The number of nitrogens with one attached hydrogen (secondary N) is 1. The number of nitrogen functional groups attached to an aromatic ring is 1. The average Bonchev–Trinajstić information content (AvgIpc) is 2.37. The van der Waals surface area contributed by atoms with Gasteiger partial charge < -0.3 is 15.8 Å². The molecule has 0 aliphatic rings. The lowest BCUT2D eigenvalue weighted by atomic mass is 10.3. The highest BCUT2D eigenvalue weighted by Crippen LogP contribution is 2.12. The van der Waals surface area contributed by atoms with E-state index in [9.17, 15) is 4.79 Å². The molecule has 0 radical (unpaired) electrons. The molecule has 0 spiro atoms.